The topological polar surface area (TPSA) is 44.8 Å². The molecule has 4 nitrogen and oxygen atoms in total. The van der Waals surface area contributed by atoms with Gasteiger partial charge in [0.15, 0.2) is 11.6 Å². The lowest BCUT2D eigenvalue weighted by Crippen LogP contribution is -2.26. The molecule has 0 radical (unpaired) electrons. The molecule has 0 saturated carbocycles. The highest BCUT2D eigenvalue weighted by molar-refractivity contribution is 5.91. The molecule has 3 aromatic rings. The highest BCUT2D eigenvalue weighted by Gasteiger charge is 2.30. The summed E-state index contributed by atoms with van der Waals surface area (Å²) in [6.45, 7) is 4.09. The van der Waals surface area contributed by atoms with Crippen molar-refractivity contribution in [1.82, 2.24) is 0 Å². The van der Waals surface area contributed by atoms with Crippen molar-refractivity contribution in [1.29, 1.82) is 0 Å². The third-order valence-corrected chi connectivity index (χ3v) is 7.06. The maximum absolute atomic E-state index is 13.8. The van der Waals surface area contributed by atoms with Crippen LogP contribution in [-0.4, -0.2) is 26.3 Å². The fourth-order valence-corrected chi connectivity index (χ4v) is 4.97. The molecule has 0 unspecified atom stereocenters. The second-order valence-corrected chi connectivity index (χ2v) is 9.36. The van der Waals surface area contributed by atoms with Crippen molar-refractivity contribution in [3.63, 3.8) is 0 Å². The van der Waals surface area contributed by atoms with Crippen molar-refractivity contribution in [3.05, 3.63) is 94.3 Å². The number of esters is 1. The molecule has 0 saturated heterocycles. The number of fused-ring (bicyclic) bond motifs is 1. The number of carbonyl (C=O) groups excluding carboxylic acids is 1. The minimum atomic E-state index is -0.338. The van der Waals surface area contributed by atoms with Crippen LogP contribution in [0.4, 0.5) is 4.39 Å². The Hall–Kier alpha value is -3.34. The van der Waals surface area contributed by atoms with Crippen molar-refractivity contribution in [2.24, 2.45) is 0 Å². The first-order valence-corrected chi connectivity index (χ1v) is 12.2. The number of aryl methyl sites for hydroxylation is 1. The van der Waals surface area contributed by atoms with Crippen molar-refractivity contribution in [3.8, 4) is 11.5 Å². The molecule has 0 fully saturated rings. The number of benzene rings is 3. The summed E-state index contributed by atoms with van der Waals surface area (Å²) >= 11 is 0. The Bertz CT molecular complexity index is 1190. The van der Waals surface area contributed by atoms with Crippen LogP contribution in [0.5, 0.6) is 11.5 Å². The lowest BCUT2D eigenvalue weighted by Gasteiger charge is -2.33. The highest BCUT2D eigenvalue weighted by atomic mass is 19.1. The van der Waals surface area contributed by atoms with Gasteiger partial charge in [-0.15, -0.1) is 0 Å². The van der Waals surface area contributed by atoms with Crippen molar-refractivity contribution in [2.75, 3.05) is 14.2 Å². The van der Waals surface area contributed by atoms with E-state index in [1.807, 2.05) is 43.3 Å². The van der Waals surface area contributed by atoms with E-state index in [1.165, 1.54) is 20.3 Å². The van der Waals surface area contributed by atoms with Gasteiger partial charge in [0, 0.05) is 11.5 Å². The van der Waals surface area contributed by atoms with E-state index in [1.54, 1.807) is 6.07 Å². The molecule has 0 aliphatic carbocycles. The summed E-state index contributed by atoms with van der Waals surface area (Å²) in [6, 6.07) is 19.3. The van der Waals surface area contributed by atoms with E-state index in [9.17, 15) is 9.18 Å². The molecule has 0 aromatic heterocycles. The fraction of sp³-hybridized carbons (Fsp3) is 0.367. The Kier molecular flexibility index (Phi) is 7.74. The van der Waals surface area contributed by atoms with Crippen LogP contribution < -0.4 is 9.47 Å². The molecular weight excluding hydrogens is 443 g/mol. The zero-order chi connectivity index (χ0) is 24.9. The summed E-state index contributed by atoms with van der Waals surface area (Å²) in [6.07, 6.45) is 3.80. The van der Waals surface area contributed by atoms with Gasteiger partial charge < -0.3 is 14.2 Å². The summed E-state index contributed by atoms with van der Waals surface area (Å²) in [4.78, 5) is 12.3. The SMILES string of the molecule is COC(=O)c1cc([C@@H]2C[C@H](CCC[C@H](C)c3ccc(F)c(OC)c3)Oc3ccccc32)ccc1C. The van der Waals surface area contributed by atoms with Gasteiger partial charge in [0.05, 0.1) is 25.9 Å². The zero-order valence-corrected chi connectivity index (χ0v) is 20.8. The van der Waals surface area contributed by atoms with E-state index < -0.39 is 0 Å². The van der Waals surface area contributed by atoms with Gasteiger partial charge in [-0.1, -0.05) is 43.3 Å². The molecule has 3 atom stereocenters. The first kappa shape index (κ1) is 24.8. The Labute approximate surface area is 207 Å². The molecule has 1 heterocycles. The van der Waals surface area contributed by atoms with Gasteiger partial charge in [0.25, 0.3) is 0 Å². The van der Waals surface area contributed by atoms with Gasteiger partial charge in [-0.2, -0.15) is 0 Å². The summed E-state index contributed by atoms with van der Waals surface area (Å²) in [5, 5.41) is 0. The molecule has 5 heteroatoms. The number of carbonyl (C=O) groups is 1. The average molecular weight is 477 g/mol. The third kappa shape index (κ3) is 5.50. The first-order valence-electron chi connectivity index (χ1n) is 12.2. The number of hydrogen-bond acceptors (Lipinski definition) is 4. The van der Waals surface area contributed by atoms with E-state index in [0.29, 0.717) is 5.56 Å². The van der Waals surface area contributed by atoms with Crippen LogP contribution in [0, 0.1) is 12.7 Å². The second-order valence-electron chi connectivity index (χ2n) is 9.36. The molecule has 0 spiro atoms. The Balaban J connectivity index is 1.48. The van der Waals surface area contributed by atoms with Crippen LogP contribution in [0.2, 0.25) is 0 Å². The van der Waals surface area contributed by atoms with Gasteiger partial charge in [-0.05, 0) is 79.5 Å². The quantitative estimate of drug-likeness (QED) is 0.323. The molecule has 35 heavy (non-hydrogen) atoms. The zero-order valence-electron chi connectivity index (χ0n) is 20.8. The molecule has 0 N–H and O–H groups in total. The molecule has 1 aliphatic rings. The number of halogens is 1. The number of rotatable bonds is 8. The number of hydrogen-bond donors (Lipinski definition) is 0. The lowest BCUT2D eigenvalue weighted by atomic mass is 9.82. The van der Waals surface area contributed by atoms with E-state index in [0.717, 1.165) is 53.7 Å². The van der Waals surface area contributed by atoms with Crippen LogP contribution in [0.25, 0.3) is 0 Å². The molecule has 1 aliphatic heterocycles. The monoisotopic (exact) mass is 476 g/mol. The largest absolute Gasteiger partial charge is 0.494 e. The summed E-state index contributed by atoms with van der Waals surface area (Å²) in [5.41, 5.74) is 4.84. The average Bonchev–Trinajstić information content (AvgIpc) is 2.88. The van der Waals surface area contributed by atoms with Crippen LogP contribution in [0.1, 0.15) is 77.1 Å². The maximum atomic E-state index is 13.8. The van der Waals surface area contributed by atoms with Gasteiger partial charge in [0.2, 0.25) is 0 Å². The fourth-order valence-electron chi connectivity index (χ4n) is 4.97. The Morgan fingerprint density at radius 1 is 1.11 bits per heavy atom. The van der Waals surface area contributed by atoms with Gasteiger partial charge in [-0.25, -0.2) is 9.18 Å². The highest BCUT2D eigenvalue weighted by Crippen LogP contribution is 2.42. The molecule has 0 bridgehead atoms. The molecule has 184 valence electrons. The summed E-state index contributed by atoms with van der Waals surface area (Å²) in [5.74, 6) is 0.977. The maximum Gasteiger partial charge on any atom is 0.338 e. The van der Waals surface area contributed by atoms with E-state index in [4.69, 9.17) is 14.2 Å². The molecule has 0 amide bonds. The predicted molar refractivity (Wildman–Crippen MR) is 135 cm³/mol. The van der Waals surface area contributed by atoms with Crippen LogP contribution >= 0.6 is 0 Å². The predicted octanol–water partition coefficient (Wildman–Crippen LogP) is 7.19. The van der Waals surface area contributed by atoms with E-state index in [2.05, 4.69) is 19.1 Å². The van der Waals surface area contributed by atoms with Gasteiger partial charge in [0.1, 0.15) is 5.75 Å². The van der Waals surface area contributed by atoms with Gasteiger partial charge >= 0.3 is 5.97 Å². The Morgan fingerprint density at radius 3 is 2.69 bits per heavy atom. The number of ether oxygens (including phenoxy) is 3. The Morgan fingerprint density at radius 2 is 1.91 bits per heavy atom. The minimum Gasteiger partial charge on any atom is -0.494 e. The van der Waals surface area contributed by atoms with Crippen molar-refractivity contribution in [2.45, 2.75) is 57.5 Å². The molecule has 3 aromatic carbocycles. The molecular formula is C30H33FO4. The normalized spacial score (nSPS) is 17.7. The van der Waals surface area contributed by atoms with Crippen LogP contribution in [0.3, 0.4) is 0 Å². The summed E-state index contributed by atoms with van der Waals surface area (Å²) < 4.78 is 30.3. The van der Waals surface area contributed by atoms with Crippen LogP contribution in [0.15, 0.2) is 60.7 Å². The first-order chi connectivity index (χ1) is 16.9. The molecule has 4 rings (SSSR count). The lowest BCUT2D eigenvalue weighted by molar-refractivity contribution is 0.0599. The van der Waals surface area contributed by atoms with E-state index in [-0.39, 0.29) is 35.5 Å². The van der Waals surface area contributed by atoms with Crippen LogP contribution in [-0.2, 0) is 4.74 Å². The summed E-state index contributed by atoms with van der Waals surface area (Å²) in [7, 11) is 2.90. The van der Waals surface area contributed by atoms with Gasteiger partial charge in [-0.3, -0.25) is 0 Å². The number of para-hydroxylation sites is 1. The smallest absolute Gasteiger partial charge is 0.338 e. The second kappa shape index (κ2) is 10.9. The standard InChI is InChI=1S/C30H33FO4/c1-19(21-14-15-27(31)29(17-21)33-3)8-7-9-23-18-26(24-10-5-6-11-28(24)35-23)22-13-12-20(2)25(16-22)30(32)34-4/h5-6,10-17,19,23,26H,7-9,18H2,1-4H3/t19-,23-,26-/m0/s1. The van der Waals surface area contributed by atoms with E-state index >= 15 is 0 Å². The van der Waals surface area contributed by atoms with Crippen molar-refractivity contribution >= 4 is 5.97 Å². The number of methoxy groups -OCH3 is 2. The minimum absolute atomic E-state index is 0.0766. The third-order valence-electron chi connectivity index (χ3n) is 7.06. The van der Waals surface area contributed by atoms with Crippen molar-refractivity contribution < 1.29 is 23.4 Å².